The average Bonchev–Trinajstić information content (AvgIpc) is 2.26. The van der Waals surface area contributed by atoms with Gasteiger partial charge in [-0.2, -0.15) is 4.73 Å². The van der Waals surface area contributed by atoms with Gasteiger partial charge in [0, 0.05) is 13.1 Å². The number of carbonyl (C=O) groups excluding carboxylic acids is 1. The van der Waals surface area contributed by atoms with Gasteiger partial charge in [0.15, 0.2) is 11.5 Å². The summed E-state index contributed by atoms with van der Waals surface area (Å²) in [6.07, 6.45) is 0.686. The minimum Gasteiger partial charge on any atom is -0.503 e. The molecule has 0 aliphatic heterocycles. The molecule has 8 nitrogen and oxygen atoms in total. The van der Waals surface area contributed by atoms with Crippen LogP contribution in [0.3, 0.4) is 0 Å². The van der Waals surface area contributed by atoms with Crippen molar-refractivity contribution in [3.63, 3.8) is 0 Å². The molecule has 8 heteroatoms. The molecule has 0 aliphatic carbocycles. The zero-order valence-corrected chi connectivity index (χ0v) is 8.21. The van der Waals surface area contributed by atoms with Crippen molar-refractivity contribution < 1.29 is 20.3 Å². The smallest absolute Gasteiger partial charge is 0.275 e. The second kappa shape index (κ2) is 4.34. The van der Waals surface area contributed by atoms with Crippen LogP contribution in [-0.2, 0) is 4.79 Å². The summed E-state index contributed by atoms with van der Waals surface area (Å²) in [6.45, 7) is 0. The summed E-state index contributed by atoms with van der Waals surface area (Å²) in [5.41, 5.74) is -1.71. The number of oxime groups is 1. The minimum absolute atomic E-state index is 0.307. The van der Waals surface area contributed by atoms with E-state index in [-0.39, 0.29) is 5.69 Å². The first kappa shape index (κ1) is 11.6. The lowest BCUT2D eigenvalue weighted by Crippen LogP contribution is -2.31. The Morgan fingerprint density at radius 1 is 1.56 bits per heavy atom. The van der Waals surface area contributed by atoms with Crippen molar-refractivity contribution in [2.24, 2.45) is 5.16 Å². The molecular weight excluding hydrogens is 218 g/mol. The minimum atomic E-state index is -0.814. The van der Waals surface area contributed by atoms with Crippen molar-refractivity contribution in [3.8, 4) is 5.75 Å². The molecule has 0 aromatic carbocycles. The molecule has 0 aliphatic rings. The van der Waals surface area contributed by atoms with E-state index in [2.05, 4.69) is 10.5 Å². The molecule has 0 saturated heterocycles. The number of pyridine rings is 1. The predicted octanol–water partition coefficient (Wildman–Crippen LogP) is -1.28. The lowest BCUT2D eigenvalue weighted by Gasteiger charge is -2.07. The number of amides is 1. The van der Waals surface area contributed by atoms with Crippen molar-refractivity contribution in [3.05, 3.63) is 28.2 Å². The van der Waals surface area contributed by atoms with E-state index in [1.807, 2.05) is 0 Å². The second-order valence-corrected chi connectivity index (χ2v) is 2.78. The maximum absolute atomic E-state index is 11.2. The number of aromatic nitrogens is 1. The Balaban J connectivity index is 3.38. The van der Waals surface area contributed by atoms with Crippen LogP contribution in [0.25, 0.3) is 0 Å². The zero-order chi connectivity index (χ0) is 12.3. The summed E-state index contributed by atoms with van der Waals surface area (Å²) < 4.78 is 0.307. The number of hydrogen-bond donors (Lipinski definition) is 4. The van der Waals surface area contributed by atoms with Crippen LogP contribution in [0.5, 0.6) is 5.75 Å². The molecule has 86 valence electrons. The summed E-state index contributed by atoms with van der Waals surface area (Å²) in [6, 6.07) is 0.764. The van der Waals surface area contributed by atoms with Crippen LogP contribution in [-0.4, -0.2) is 38.9 Å². The fourth-order valence-corrected chi connectivity index (χ4v) is 1.02. The molecule has 16 heavy (non-hydrogen) atoms. The normalized spacial score (nSPS) is 11.2. The van der Waals surface area contributed by atoms with Gasteiger partial charge in [0.1, 0.15) is 5.69 Å². The highest BCUT2D eigenvalue weighted by Gasteiger charge is 2.18. The van der Waals surface area contributed by atoms with Crippen LogP contribution in [0.1, 0.15) is 5.69 Å². The Labute approximate surface area is 89.0 Å². The monoisotopic (exact) mass is 227 g/mol. The molecule has 0 fully saturated rings. The first-order valence-corrected chi connectivity index (χ1v) is 4.10. The molecule has 0 atom stereocenters. The Kier molecular flexibility index (Phi) is 3.14. The SMILES string of the molecule is CNC(=O)/C(=N\O)c1cc(=O)c(O)cn1O. The van der Waals surface area contributed by atoms with Crippen molar-refractivity contribution >= 4 is 11.6 Å². The first-order valence-electron chi connectivity index (χ1n) is 4.10. The fourth-order valence-electron chi connectivity index (χ4n) is 1.02. The molecule has 0 radical (unpaired) electrons. The highest BCUT2D eigenvalue weighted by Crippen LogP contribution is 2.04. The molecule has 1 aromatic heterocycles. The van der Waals surface area contributed by atoms with Crippen molar-refractivity contribution in [1.29, 1.82) is 0 Å². The third kappa shape index (κ3) is 1.95. The molecule has 0 saturated carbocycles. The summed E-state index contributed by atoms with van der Waals surface area (Å²) in [7, 11) is 1.29. The Morgan fingerprint density at radius 3 is 2.69 bits per heavy atom. The van der Waals surface area contributed by atoms with Crippen molar-refractivity contribution in [1.82, 2.24) is 10.0 Å². The summed E-state index contributed by atoms with van der Waals surface area (Å²) >= 11 is 0. The van der Waals surface area contributed by atoms with E-state index in [0.29, 0.717) is 10.9 Å². The van der Waals surface area contributed by atoms with Gasteiger partial charge >= 0.3 is 0 Å². The van der Waals surface area contributed by atoms with Crippen molar-refractivity contribution in [2.75, 3.05) is 7.05 Å². The quantitative estimate of drug-likeness (QED) is 0.217. The van der Waals surface area contributed by atoms with Crippen LogP contribution in [0.2, 0.25) is 0 Å². The van der Waals surface area contributed by atoms with Gasteiger partial charge in [-0.1, -0.05) is 5.16 Å². The maximum atomic E-state index is 11.2. The van der Waals surface area contributed by atoms with Gasteiger partial charge in [0.2, 0.25) is 5.43 Å². The molecule has 0 bridgehead atoms. The highest BCUT2D eigenvalue weighted by atomic mass is 16.5. The molecule has 0 spiro atoms. The fraction of sp³-hybridized carbons (Fsp3) is 0.125. The van der Waals surface area contributed by atoms with Crippen LogP contribution < -0.4 is 10.7 Å². The number of rotatable bonds is 2. The topological polar surface area (TPSA) is 124 Å². The number of nitrogens with one attached hydrogen (secondary N) is 1. The molecule has 0 unspecified atom stereocenters. The Morgan fingerprint density at radius 2 is 2.19 bits per heavy atom. The molecule has 1 amide bonds. The van der Waals surface area contributed by atoms with E-state index >= 15 is 0 Å². The molecule has 1 rings (SSSR count). The molecule has 4 N–H and O–H groups in total. The van der Waals surface area contributed by atoms with Gasteiger partial charge in [0.05, 0.1) is 6.20 Å². The van der Waals surface area contributed by atoms with Gasteiger partial charge < -0.3 is 20.8 Å². The lowest BCUT2D eigenvalue weighted by molar-refractivity contribution is -0.114. The summed E-state index contributed by atoms with van der Waals surface area (Å²) in [5, 5.41) is 31.7. The highest BCUT2D eigenvalue weighted by molar-refractivity contribution is 6.44. The average molecular weight is 227 g/mol. The van der Waals surface area contributed by atoms with Crippen LogP contribution >= 0.6 is 0 Å². The number of hydrogen-bond acceptors (Lipinski definition) is 6. The number of carbonyl (C=O) groups is 1. The zero-order valence-electron chi connectivity index (χ0n) is 8.21. The summed E-state index contributed by atoms with van der Waals surface area (Å²) in [5.74, 6) is -1.49. The van der Waals surface area contributed by atoms with Crippen LogP contribution in [0.4, 0.5) is 0 Å². The lowest BCUT2D eigenvalue weighted by atomic mass is 10.2. The number of aromatic hydroxyl groups is 1. The van der Waals surface area contributed by atoms with E-state index in [9.17, 15) is 14.8 Å². The van der Waals surface area contributed by atoms with Gasteiger partial charge in [-0.15, -0.1) is 0 Å². The Bertz CT molecular complexity index is 505. The van der Waals surface area contributed by atoms with E-state index in [4.69, 9.17) is 10.3 Å². The van der Waals surface area contributed by atoms with Gasteiger partial charge in [-0.3, -0.25) is 9.59 Å². The second-order valence-electron chi connectivity index (χ2n) is 2.78. The first-order chi connectivity index (χ1) is 7.51. The predicted molar refractivity (Wildman–Crippen MR) is 51.9 cm³/mol. The van der Waals surface area contributed by atoms with Gasteiger partial charge in [-0.25, -0.2) is 0 Å². The van der Waals surface area contributed by atoms with E-state index in [1.54, 1.807) is 0 Å². The third-order valence-corrected chi connectivity index (χ3v) is 1.80. The molecule has 1 aromatic rings. The largest absolute Gasteiger partial charge is 0.503 e. The van der Waals surface area contributed by atoms with E-state index in [0.717, 1.165) is 6.07 Å². The molecule has 1 heterocycles. The number of nitrogens with zero attached hydrogens (tertiary/aromatic N) is 2. The van der Waals surface area contributed by atoms with E-state index < -0.39 is 22.8 Å². The third-order valence-electron chi connectivity index (χ3n) is 1.80. The standard InChI is InChI=1S/C8H9N3O5/c1-9-8(14)7(10-15)4-2-5(12)6(13)3-11(4)16/h2-3,13,15-16H,1H3,(H,9,14)/b10-7-. The maximum Gasteiger partial charge on any atom is 0.275 e. The van der Waals surface area contributed by atoms with Gasteiger partial charge in [0.25, 0.3) is 5.91 Å². The van der Waals surface area contributed by atoms with Crippen LogP contribution in [0.15, 0.2) is 22.2 Å². The summed E-state index contributed by atoms with van der Waals surface area (Å²) in [4.78, 5) is 22.3. The van der Waals surface area contributed by atoms with Crippen molar-refractivity contribution in [2.45, 2.75) is 0 Å². The molecular formula is C8H9N3O5. The van der Waals surface area contributed by atoms with Crippen LogP contribution in [0, 0.1) is 0 Å². The van der Waals surface area contributed by atoms with Gasteiger partial charge in [-0.05, 0) is 0 Å². The van der Waals surface area contributed by atoms with E-state index in [1.165, 1.54) is 7.05 Å². The Hall–Kier alpha value is -2.51. The number of likely N-dealkylation sites (N-methyl/N-ethyl adjacent to an activating group) is 1.